The number of ether oxygens (including phenoxy) is 1. The van der Waals surface area contributed by atoms with Gasteiger partial charge < -0.3 is 14.2 Å². The average Bonchev–Trinajstić information content (AvgIpc) is 3.06. The topological polar surface area (TPSA) is 68.5 Å². The summed E-state index contributed by atoms with van der Waals surface area (Å²) >= 11 is 0. The first-order chi connectivity index (χ1) is 11.2. The number of benzene rings is 1. The van der Waals surface area contributed by atoms with E-state index in [1.165, 1.54) is 0 Å². The van der Waals surface area contributed by atoms with Gasteiger partial charge in [0.1, 0.15) is 5.75 Å². The molecule has 0 aliphatic rings. The van der Waals surface area contributed by atoms with Crippen LogP contribution in [-0.2, 0) is 11.2 Å². The molecule has 0 N–H and O–H groups in total. The molecule has 23 heavy (non-hydrogen) atoms. The van der Waals surface area contributed by atoms with Gasteiger partial charge in [0.25, 0.3) is 0 Å². The Morgan fingerprint density at radius 1 is 1.35 bits per heavy atom. The molecule has 0 spiro atoms. The van der Waals surface area contributed by atoms with Gasteiger partial charge in [0.2, 0.25) is 17.6 Å². The Kier molecular flexibility index (Phi) is 6.14. The number of rotatable bonds is 8. The lowest BCUT2D eigenvalue weighted by atomic mass is 10.2. The molecule has 6 heteroatoms. The quantitative estimate of drug-likeness (QED) is 0.749. The fourth-order valence-electron chi connectivity index (χ4n) is 2.22. The van der Waals surface area contributed by atoms with Gasteiger partial charge in [0.05, 0.1) is 12.7 Å². The normalized spacial score (nSPS) is 10.6. The molecule has 0 aliphatic carbocycles. The average molecular weight is 317 g/mol. The molecule has 6 nitrogen and oxygen atoms in total. The zero-order valence-electron chi connectivity index (χ0n) is 13.9. The van der Waals surface area contributed by atoms with E-state index in [1.54, 1.807) is 12.0 Å². The van der Waals surface area contributed by atoms with Crippen molar-refractivity contribution >= 4 is 5.91 Å². The number of para-hydroxylation sites is 1. The van der Waals surface area contributed by atoms with Gasteiger partial charge in [-0.3, -0.25) is 4.79 Å². The van der Waals surface area contributed by atoms with Crippen LogP contribution in [0.3, 0.4) is 0 Å². The van der Waals surface area contributed by atoms with Gasteiger partial charge in [-0.15, -0.1) is 0 Å². The van der Waals surface area contributed by atoms with Crippen molar-refractivity contribution in [1.29, 1.82) is 0 Å². The van der Waals surface area contributed by atoms with Gasteiger partial charge in [-0.2, -0.15) is 4.98 Å². The molecular weight excluding hydrogens is 294 g/mol. The van der Waals surface area contributed by atoms with E-state index in [9.17, 15) is 4.79 Å². The summed E-state index contributed by atoms with van der Waals surface area (Å²) in [6.45, 7) is 2.89. The van der Waals surface area contributed by atoms with Crippen LogP contribution in [-0.4, -0.2) is 41.6 Å². The molecule has 0 radical (unpaired) electrons. The third kappa shape index (κ3) is 4.55. The van der Waals surface area contributed by atoms with Crippen LogP contribution in [0.5, 0.6) is 5.75 Å². The first kappa shape index (κ1) is 17.0. The summed E-state index contributed by atoms with van der Waals surface area (Å²) in [5.74, 6) is 1.72. The van der Waals surface area contributed by atoms with Crippen LogP contribution in [0.1, 0.15) is 32.1 Å². The van der Waals surface area contributed by atoms with E-state index < -0.39 is 0 Å². The van der Waals surface area contributed by atoms with Crippen LogP contribution in [0.2, 0.25) is 0 Å². The zero-order valence-corrected chi connectivity index (χ0v) is 13.9. The predicted octanol–water partition coefficient (Wildman–Crippen LogP) is 2.94. The van der Waals surface area contributed by atoms with Gasteiger partial charge in [-0.25, -0.2) is 0 Å². The first-order valence-electron chi connectivity index (χ1n) is 7.85. The second-order valence-electron chi connectivity index (χ2n) is 5.38. The highest BCUT2D eigenvalue weighted by molar-refractivity contribution is 5.76. The molecule has 0 atom stereocenters. The number of nitrogens with zero attached hydrogens (tertiary/aromatic N) is 3. The van der Waals surface area contributed by atoms with Crippen molar-refractivity contribution in [2.24, 2.45) is 0 Å². The van der Waals surface area contributed by atoms with E-state index in [4.69, 9.17) is 9.26 Å². The highest BCUT2D eigenvalue weighted by atomic mass is 16.5. The number of hydrogen-bond donors (Lipinski definition) is 0. The molecule has 1 amide bonds. The number of unbranched alkanes of at least 4 members (excludes halogenated alkanes) is 1. The monoisotopic (exact) mass is 317 g/mol. The number of methoxy groups -OCH3 is 1. The van der Waals surface area contributed by atoms with Crippen molar-refractivity contribution in [3.05, 3.63) is 30.2 Å². The molecule has 2 rings (SSSR count). The summed E-state index contributed by atoms with van der Waals surface area (Å²) in [4.78, 5) is 18.1. The molecule has 0 fully saturated rings. The molecule has 1 aromatic carbocycles. The Hall–Kier alpha value is -2.37. The van der Waals surface area contributed by atoms with Crippen molar-refractivity contribution < 1.29 is 14.1 Å². The summed E-state index contributed by atoms with van der Waals surface area (Å²) in [7, 11) is 3.43. The van der Waals surface area contributed by atoms with Gasteiger partial charge in [0.15, 0.2) is 0 Å². The number of carbonyl (C=O) groups is 1. The lowest BCUT2D eigenvalue weighted by molar-refractivity contribution is -0.130. The van der Waals surface area contributed by atoms with Crippen LogP contribution < -0.4 is 4.74 Å². The van der Waals surface area contributed by atoms with E-state index >= 15 is 0 Å². The molecule has 1 aromatic heterocycles. The maximum atomic E-state index is 12.0. The van der Waals surface area contributed by atoms with Crippen molar-refractivity contribution in [2.75, 3.05) is 20.7 Å². The summed E-state index contributed by atoms with van der Waals surface area (Å²) in [5, 5.41) is 3.98. The number of aryl methyl sites for hydroxylation is 1. The second-order valence-corrected chi connectivity index (χ2v) is 5.38. The molecule has 0 saturated carbocycles. The van der Waals surface area contributed by atoms with E-state index in [0.717, 1.165) is 24.9 Å². The lowest BCUT2D eigenvalue weighted by Crippen LogP contribution is -2.27. The van der Waals surface area contributed by atoms with Crippen molar-refractivity contribution in [2.45, 2.75) is 32.6 Å². The minimum absolute atomic E-state index is 0.0930. The van der Waals surface area contributed by atoms with Crippen molar-refractivity contribution in [3.8, 4) is 17.1 Å². The van der Waals surface area contributed by atoms with E-state index in [-0.39, 0.29) is 5.91 Å². The van der Waals surface area contributed by atoms with Crippen LogP contribution in [0.15, 0.2) is 28.8 Å². The SMILES string of the molecule is CCCCN(C)C(=O)CCc1nc(-c2ccccc2OC)no1. The molecule has 1 heterocycles. The van der Waals surface area contributed by atoms with Crippen LogP contribution in [0.25, 0.3) is 11.4 Å². The highest BCUT2D eigenvalue weighted by Crippen LogP contribution is 2.27. The predicted molar refractivity (Wildman–Crippen MR) is 87.2 cm³/mol. The van der Waals surface area contributed by atoms with Gasteiger partial charge in [-0.1, -0.05) is 30.6 Å². The van der Waals surface area contributed by atoms with Crippen LogP contribution >= 0.6 is 0 Å². The number of carbonyl (C=O) groups excluding carboxylic acids is 1. The summed E-state index contributed by atoms with van der Waals surface area (Å²) in [6.07, 6.45) is 2.90. The van der Waals surface area contributed by atoms with Crippen molar-refractivity contribution in [1.82, 2.24) is 15.0 Å². The molecule has 0 bridgehead atoms. The number of hydrogen-bond acceptors (Lipinski definition) is 5. The summed E-state index contributed by atoms with van der Waals surface area (Å²) in [5.41, 5.74) is 0.774. The Labute approximate surface area is 136 Å². The third-order valence-corrected chi connectivity index (χ3v) is 3.64. The van der Waals surface area contributed by atoms with E-state index in [2.05, 4.69) is 17.1 Å². The lowest BCUT2D eigenvalue weighted by Gasteiger charge is -2.15. The smallest absolute Gasteiger partial charge is 0.227 e. The number of amides is 1. The van der Waals surface area contributed by atoms with E-state index in [1.807, 2.05) is 31.3 Å². The molecule has 2 aromatic rings. The summed E-state index contributed by atoms with van der Waals surface area (Å²) < 4.78 is 10.5. The van der Waals surface area contributed by atoms with Crippen LogP contribution in [0, 0.1) is 0 Å². The zero-order chi connectivity index (χ0) is 16.7. The molecular formula is C17H23N3O3. The molecule has 0 unspecified atom stereocenters. The largest absolute Gasteiger partial charge is 0.496 e. The standard InChI is InChI=1S/C17H23N3O3/c1-4-5-12-20(2)16(21)11-10-15-18-17(19-23-15)13-8-6-7-9-14(13)22-3/h6-9H,4-5,10-12H2,1-3H3. The fourth-order valence-corrected chi connectivity index (χ4v) is 2.22. The third-order valence-electron chi connectivity index (χ3n) is 3.64. The molecule has 0 aliphatic heterocycles. The molecule has 0 saturated heterocycles. The Morgan fingerprint density at radius 3 is 2.87 bits per heavy atom. The highest BCUT2D eigenvalue weighted by Gasteiger charge is 2.15. The minimum atomic E-state index is 0.0930. The maximum absolute atomic E-state index is 12.0. The Balaban J connectivity index is 1.96. The Morgan fingerprint density at radius 2 is 2.13 bits per heavy atom. The summed E-state index contributed by atoms with van der Waals surface area (Å²) in [6, 6.07) is 7.49. The fraction of sp³-hybridized carbons (Fsp3) is 0.471. The van der Waals surface area contributed by atoms with Gasteiger partial charge in [0, 0.05) is 26.4 Å². The number of aromatic nitrogens is 2. The Bertz CT molecular complexity index is 640. The van der Waals surface area contributed by atoms with Gasteiger partial charge >= 0.3 is 0 Å². The van der Waals surface area contributed by atoms with Crippen LogP contribution in [0.4, 0.5) is 0 Å². The first-order valence-corrected chi connectivity index (χ1v) is 7.85. The van der Waals surface area contributed by atoms with Gasteiger partial charge in [-0.05, 0) is 18.6 Å². The van der Waals surface area contributed by atoms with E-state index in [0.29, 0.717) is 30.3 Å². The maximum Gasteiger partial charge on any atom is 0.227 e. The second kappa shape index (κ2) is 8.31. The minimum Gasteiger partial charge on any atom is -0.496 e. The molecule has 124 valence electrons. The van der Waals surface area contributed by atoms with Crippen molar-refractivity contribution in [3.63, 3.8) is 0 Å².